The number of aromatic nitrogens is 1. The molecule has 0 bridgehead atoms. The van der Waals surface area contributed by atoms with Gasteiger partial charge in [0.05, 0.1) is 16.8 Å². The van der Waals surface area contributed by atoms with Gasteiger partial charge in [-0.2, -0.15) is 0 Å². The highest BCUT2D eigenvalue weighted by Crippen LogP contribution is 2.38. The molecule has 5 rings (SSSR count). The largest absolute Gasteiger partial charge is 0.452 e. The van der Waals surface area contributed by atoms with Crippen molar-refractivity contribution in [3.63, 3.8) is 0 Å². The van der Waals surface area contributed by atoms with E-state index in [1.165, 1.54) is 0 Å². The molecule has 5 nitrogen and oxygen atoms in total. The van der Waals surface area contributed by atoms with Crippen molar-refractivity contribution in [1.29, 1.82) is 0 Å². The average Bonchev–Trinajstić information content (AvgIpc) is 3.46. The second kappa shape index (κ2) is 9.23. The molecule has 0 fully saturated rings. The van der Waals surface area contributed by atoms with E-state index in [2.05, 4.69) is 17.5 Å². The number of nitrogens with one attached hydrogen (secondary N) is 1. The number of ether oxygens (including phenoxy) is 1. The molecule has 1 amide bonds. The van der Waals surface area contributed by atoms with Crippen LogP contribution in [0, 0.1) is 13.8 Å². The van der Waals surface area contributed by atoms with Crippen molar-refractivity contribution in [2.24, 2.45) is 0 Å². The molecule has 1 aliphatic carbocycles. The number of carbonyl (C=O) groups is 2. The summed E-state index contributed by atoms with van der Waals surface area (Å²) in [4.78, 5) is 31.8. The smallest absolute Gasteiger partial charge is 0.339 e. The molecule has 2 heterocycles. The van der Waals surface area contributed by atoms with E-state index < -0.39 is 5.97 Å². The van der Waals surface area contributed by atoms with Crippen molar-refractivity contribution in [2.45, 2.75) is 26.7 Å². The maximum Gasteiger partial charge on any atom is 0.339 e. The third kappa shape index (κ3) is 4.50. The molecule has 6 heteroatoms. The zero-order valence-electron chi connectivity index (χ0n) is 19.1. The molecule has 0 saturated carbocycles. The summed E-state index contributed by atoms with van der Waals surface area (Å²) in [6.07, 6.45) is 3.66. The van der Waals surface area contributed by atoms with Crippen molar-refractivity contribution in [3.8, 4) is 0 Å². The van der Waals surface area contributed by atoms with Crippen molar-refractivity contribution >= 4 is 51.5 Å². The molecule has 34 heavy (non-hydrogen) atoms. The third-order valence-electron chi connectivity index (χ3n) is 5.85. The number of hydrogen-bond acceptors (Lipinski definition) is 5. The van der Waals surface area contributed by atoms with Gasteiger partial charge in [0, 0.05) is 16.0 Å². The number of aryl methyl sites for hydroxylation is 2. The minimum Gasteiger partial charge on any atom is -0.452 e. The molecule has 1 N–H and O–H groups in total. The van der Waals surface area contributed by atoms with Gasteiger partial charge in [-0.3, -0.25) is 4.79 Å². The zero-order chi connectivity index (χ0) is 23.7. The van der Waals surface area contributed by atoms with E-state index in [1.807, 2.05) is 67.8 Å². The van der Waals surface area contributed by atoms with Gasteiger partial charge in [-0.15, -0.1) is 11.3 Å². The van der Waals surface area contributed by atoms with Crippen molar-refractivity contribution in [3.05, 3.63) is 92.8 Å². The molecular weight excluding hydrogens is 444 g/mol. The Balaban J connectivity index is 1.42. The van der Waals surface area contributed by atoms with Gasteiger partial charge in [0.25, 0.3) is 5.91 Å². The van der Waals surface area contributed by atoms with Gasteiger partial charge >= 0.3 is 5.97 Å². The second-order valence-corrected chi connectivity index (χ2v) is 9.50. The van der Waals surface area contributed by atoms with Crippen LogP contribution in [0.1, 0.15) is 44.0 Å². The quantitative estimate of drug-likeness (QED) is 0.354. The lowest BCUT2D eigenvalue weighted by Crippen LogP contribution is -2.22. The zero-order valence-corrected chi connectivity index (χ0v) is 19.9. The number of pyridine rings is 1. The van der Waals surface area contributed by atoms with E-state index in [1.54, 1.807) is 11.3 Å². The van der Waals surface area contributed by atoms with Crippen molar-refractivity contribution in [2.75, 3.05) is 11.9 Å². The van der Waals surface area contributed by atoms with Gasteiger partial charge in [0.2, 0.25) is 0 Å². The molecule has 2 aromatic carbocycles. The number of anilines is 1. The van der Waals surface area contributed by atoms with E-state index >= 15 is 0 Å². The number of hydrogen-bond donors (Lipinski definition) is 1. The number of nitrogens with zero attached hydrogens (tertiary/aromatic N) is 1. The number of fused-ring (bicyclic) bond motifs is 2. The number of thiophene rings is 1. The lowest BCUT2D eigenvalue weighted by molar-refractivity contribution is -0.119. The van der Waals surface area contributed by atoms with Gasteiger partial charge in [-0.25, -0.2) is 9.78 Å². The first-order valence-electron chi connectivity index (χ1n) is 11.2. The minimum atomic E-state index is -0.497. The molecule has 0 aliphatic heterocycles. The Morgan fingerprint density at radius 3 is 2.62 bits per heavy atom. The summed E-state index contributed by atoms with van der Waals surface area (Å²) in [6.45, 7) is 3.59. The van der Waals surface area contributed by atoms with Gasteiger partial charge in [0.15, 0.2) is 6.61 Å². The lowest BCUT2D eigenvalue weighted by atomic mass is 10.0. The van der Waals surface area contributed by atoms with E-state index in [0.29, 0.717) is 17.7 Å². The summed E-state index contributed by atoms with van der Waals surface area (Å²) in [5.74, 6) is -0.866. The van der Waals surface area contributed by atoms with E-state index in [-0.39, 0.29) is 12.5 Å². The third-order valence-corrected chi connectivity index (χ3v) is 6.66. The fourth-order valence-electron chi connectivity index (χ4n) is 4.50. The molecule has 170 valence electrons. The van der Waals surface area contributed by atoms with Crippen LogP contribution in [0.2, 0.25) is 0 Å². The van der Waals surface area contributed by atoms with Crippen LogP contribution in [0.15, 0.2) is 60.0 Å². The fourth-order valence-corrected chi connectivity index (χ4v) is 5.19. The highest BCUT2D eigenvalue weighted by Gasteiger charge is 2.28. The first kappa shape index (κ1) is 22.0. The second-order valence-electron chi connectivity index (χ2n) is 8.52. The molecule has 4 aromatic rings. The number of rotatable bonds is 5. The van der Waals surface area contributed by atoms with Crippen LogP contribution in [0.4, 0.5) is 5.69 Å². The number of benzene rings is 2. The monoisotopic (exact) mass is 468 g/mol. The highest BCUT2D eigenvalue weighted by atomic mass is 32.1. The summed E-state index contributed by atoms with van der Waals surface area (Å²) in [5.41, 5.74) is 6.90. The van der Waals surface area contributed by atoms with Gasteiger partial charge in [-0.1, -0.05) is 30.3 Å². The molecule has 2 aromatic heterocycles. The Labute approximate surface area is 202 Å². The molecule has 0 atom stereocenters. The maximum atomic E-state index is 13.3. The van der Waals surface area contributed by atoms with Gasteiger partial charge < -0.3 is 10.1 Å². The summed E-state index contributed by atoms with van der Waals surface area (Å²) < 4.78 is 5.50. The predicted molar refractivity (Wildman–Crippen MR) is 137 cm³/mol. The number of amides is 1. The van der Waals surface area contributed by atoms with E-state index in [0.717, 1.165) is 50.2 Å². The van der Waals surface area contributed by atoms with Gasteiger partial charge in [-0.05, 0) is 84.7 Å². The summed E-state index contributed by atoms with van der Waals surface area (Å²) in [7, 11) is 0. The SMILES string of the molecule is Cc1cc(C)cc(NC(=O)COC(=O)c2c3c(nc4ccccc24)/C(=C\c2cccs2)CC3)c1. The molecule has 0 radical (unpaired) electrons. The molecule has 1 aliphatic rings. The minimum absolute atomic E-state index is 0.352. The number of carbonyl (C=O) groups excluding carboxylic acids is 2. The highest BCUT2D eigenvalue weighted by molar-refractivity contribution is 7.10. The van der Waals surface area contributed by atoms with Crippen molar-refractivity contribution in [1.82, 2.24) is 4.98 Å². The van der Waals surface area contributed by atoms with Crippen LogP contribution in [-0.2, 0) is 16.0 Å². The Morgan fingerprint density at radius 2 is 1.85 bits per heavy atom. The Hall–Kier alpha value is -3.77. The molecular formula is C28H24N2O3S. The van der Waals surface area contributed by atoms with E-state index in [4.69, 9.17) is 9.72 Å². The first-order chi connectivity index (χ1) is 16.5. The van der Waals surface area contributed by atoms with Crippen LogP contribution < -0.4 is 5.32 Å². The Morgan fingerprint density at radius 1 is 1.06 bits per heavy atom. The standard InChI is InChI=1S/C28H24N2O3S/c1-17-12-18(2)14-20(13-17)29-25(31)16-33-28(32)26-22-7-3-4-8-24(22)30-27-19(9-10-23(26)27)15-21-6-5-11-34-21/h3-8,11-15H,9-10,16H2,1-2H3,(H,29,31)/b19-15-. The van der Waals surface area contributed by atoms with Crippen LogP contribution in [0.5, 0.6) is 0 Å². The number of para-hydroxylation sites is 1. The van der Waals surface area contributed by atoms with E-state index in [9.17, 15) is 9.59 Å². The van der Waals surface area contributed by atoms with Crippen LogP contribution in [0.3, 0.4) is 0 Å². The summed E-state index contributed by atoms with van der Waals surface area (Å²) in [6, 6.07) is 17.5. The molecule has 0 spiro atoms. The van der Waals surface area contributed by atoms with Crippen molar-refractivity contribution < 1.29 is 14.3 Å². The predicted octanol–water partition coefficient (Wildman–Crippen LogP) is 6.20. The average molecular weight is 469 g/mol. The number of esters is 1. The first-order valence-corrected chi connectivity index (χ1v) is 12.1. The van der Waals surface area contributed by atoms with Crippen LogP contribution >= 0.6 is 11.3 Å². The number of allylic oxidation sites excluding steroid dienone is 1. The summed E-state index contributed by atoms with van der Waals surface area (Å²) >= 11 is 1.67. The Bertz CT molecular complexity index is 1420. The normalized spacial score (nSPS) is 13.8. The molecule has 0 unspecified atom stereocenters. The van der Waals surface area contributed by atoms with Gasteiger partial charge in [0.1, 0.15) is 0 Å². The van der Waals surface area contributed by atoms with Crippen LogP contribution in [-0.4, -0.2) is 23.5 Å². The lowest BCUT2D eigenvalue weighted by Gasteiger charge is -2.13. The fraction of sp³-hybridized carbons (Fsp3) is 0.179. The summed E-state index contributed by atoms with van der Waals surface area (Å²) in [5, 5.41) is 5.61. The maximum absolute atomic E-state index is 13.3. The Kier molecular flexibility index (Phi) is 5.99. The molecule has 0 saturated heterocycles. The topological polar surface area (TPSA) is 68.3 Å². The van der Waals surface area contributed by atoms with Crippen LogP contribution in [0.25, 0.3) is 22.6 Å².